The van der Waals surface area contributed by atoms with Crippen LogP contribution in [0.2, 0.25) is 0 Å². The van der Waals surface area contributed by atoms with E-state index in [1.165, 1.54) is 29.7 Å². The predicted octanol–water partition coefficient (Wildman–Crippen LogP) is 3.16. The van der Waals surface area contributed by atoms with Crippen LogP contribution in [0.4, 0.5) is 4.39 Å². The number of rotatable bonds is 0. The molecule has 1 N–H and O–H groups in total. The summed E-state index contributed by atoms with van der Waals surface area (Å²) in [5.74, 6) is -0.178. The van der Waals surface area contributed by atoms with Crippen molar-refractivity contribution < 1.29 is 4.39 Å². The molecule has 0 radical (unpaired) electrons. The Balaban J connectivity index is 0.000000136. The van der Waals surface area contributed by atoms with Crippen molar-refractivity contribution in [3.63, 3.8) is 0 Å². The van der Waals surface area contributed by atoms with Crippen LogP contribution in [0.25, 0.3) is 0 Å². The van der Waals surface area contributed by atoms with Crippen LogP contribution in [0.1, 0.15) is 11.1 Å². The predicted molar refractivity (Wildman–Crippen MR) is 68.3 cm³/mol. The van der Waals surface area contributed by atoms with E-state index in [0.717, 1.165) is 13.1 Å². The fraction of sp³-hybridized carbons (Fsp3) is 0.200. The van der Waals surface area contributed by atoms with Gasteiger partial charge in [-0.15, -0.1) is 0 Å². The van der Waals surface area contributed by atoms with E-state index in [1.54, 1.807) is 18.2 Å². The molecule has 0 saturated carbocycles. The number of hydrogen-bond acceptors (Lipinski definition) is 1. The molecule has 2 aromatic rings. The van der Waals surface area contributed by atoms with Gasteiger partial charge in [0.05, 0.1) is 0 Å². The molecule has 17 heavy (non-hydrogen) atoms. The SMILES string of the molecule is Fc1ccccc1.c1ccc2c(c1)CCNC2. The van der Waals surface area contributed by atoms with Gasteiger partial charge in [0, 0.05) is 6.54 Å². The largest absolute Gasteiger partial charge is 0.312 e. The van der Waals surface area contributed by atoms with Crippen molar-refractivity contribution >= 4 is 0 Å². The molecule has 1 heterocycles. The number of hydrogen-bond donors (Lipinski definition) is 1. The zero-order chi connectivity index (χ0) is 11.9. The van der Waals surface area contributed by atoms with Gasteiger partial charge in [-0.05, 0) is 36.2 Å². The molecule has 3 rings (SSSR count). The highest BCUT2D eigenvalue weighted by Gasteiger charge is 2.05. The minimum Gasteiger partial charge on any atom is -0.312 e. The minimum atomic E-state index is -0.178. The molecule has 0 unspecified atom stereocenters. The van der Waals surface area contributed by atoms with Crippen molar-refractivity contribution in [2.45, 2.75) is 13.0 Å². The summed E-state index contributed by atoms with van der Waals surface area (Å²) >= 11 is 0. The topological polar surface area (TPSA) is 12.0 Å². The van der Waals surface area contributed by atoms with Crippen LogP contribution in [0.3, 0.4) is 0 Å². The van der Waals surface area contributed by atoms with Crippen LogP contribution >= 0.6 is 0 Å². The van der Waals surface area contributed by atoms with E-state index in [2.05, 4.69) is 29.6 Å². The second kappa shape index (κ2) is 6.16. The van der Waals surface area contributed by atoms with E-state index < -0.39 is 0 Å². The van der Waals surface area contributed by atoms with Crippen molar-refractivity contribution in [2.75, 3.05) is 6.54 Å². The van der Waals surface area contributed by atoms with Gasteiger partial charge in [-0.25, -0.2) is 4.39 Å². The molecule has 88 valence electrons. The first-order valence-electron chi connectivity index (χ1n) is 5.84. The summed E-state index contributed by atoms with van der Waals surface area (Å²) in [6.07, 6.45) is 1.19. The molecular weight excluding hydrogens is 213 g/mol. The van der Waals surface area contributed by atoms with Crippen LogP contribution in [0.5, 0.6) is 0 Å². The minimum absolute atomic E-state index is 0.178. The van der Waals surface area contributed by atoms with E-state index in [4.69, 9.17) is 0 Å². The maximum Gasteiger partial charge on any atom is 0.123 e. The molecule has 0 aromatic heterocycles. The van der Waals surface area contributed by atoms with Crippen molar-refractivity contribution in [2.24, 2.45) is 0 Å². The quantitative estimate of drug-likeness (QED) is 0.731. The Bertz CT molecular complexity index is 428. The average molecular weight is 229 g/mol. The van der Waals surface area contributed by atoms with Crippen molar-refractivity contribution in [1.82, 2.24) is 5.32 Å². The molecule has 0 aliphatic carbocycles. The normalized spacial score (nSPS) is 13.2. The first kappa shape index (κ1) is 11.8. The molecule has 0 saturated heterocycles. The third kappa shape index (κ3) is 3.68. The number of fused-ring (bicyclic) bond motifs is 1. The number of benzene rings is 2. The maximum atomic E-state index is 11.9. The van der Waals surface area contributed by atoms with Crippen LogP contribution < -0.4 is 5.32 Å². The summed E-state index contributed by atoms with van der Waals surface area (Å²) in [6, 6.07) is 16.6. The van der Waals surface area contributed by atoms with Crippen LogP contribution in [-0.2, 0) is 13.0 Å². The lowest BCUT2D eigenvalue weighted by atomic mass is 10.0. The zero-order valence-corrected chi connectivity index (χ0v) is 9.70. The van der Waals surface area contributed by atoms with E-state index >= 15 is 0 Å². The lowest BCUT2D eigenvalue weighted by molar-refractivity contribution is 0.628. The second-order valence-corrected chi connectivity index (χ2v) is 3.99. The molecule has 0 spiro atoms. The summed E-state index contributed by atoms with van der Waals surface area (Å²) < 4.78 is 11.9. The maximum absolute atomic E-state index is 11.9. The van der Waals surface area contributed by atoms with Crippen LogP contribution in [-0.4, -0.2) is 6.54 Å². The molecule has 0 atom stereocenters. The third-order valence-corrected chi connectivity index (χ3v) is 2.74. The van der Waals surface area contributed by atoms with Gasteiger partial charge in [-0.3, -0.25) is 0 Å². The Hall–Kier alpha value is -1.67. The summed E-state index contributed by atoms with van der Waals surface area (Å²) in [7, 11) is 0. The van der Waals surface area contributed by atoms with Gasteiger partial charge in [0.1, 0.15) is 5.82 Å². The average Bonchev–Trinajstić information content (AvgIpc) is 2.41. The van der Waals surface area contributed by atoms with Gasteiger partial charge in [0.2, 0.25) is 0 Å². The molecule has 0 amide bonds. The monoisotopic (exact) mass is 229 g/mol. The van der Waals surface area contributed by atoms with Gasteiger partial charge >= 0.3 is 0 Å². The summed E-state index contributed by atoms with van der Waals surface area (Å²) in [5.41, 5.74) is 2.98. The summed E-state index contributed by atoms with van der Waals surface area (Å²) in [5, 5.41) is 3.34. The lowest BCUT2D eigenvalue weighted by Gasteiger charge is -2.15. The zero-order valence-electron chi connectivity index (χ0n) is 9.70. The van der Waals surface area contributed by atoms with Crippen molar-refractivity contribution in [3.8, 4) is 0 Å². The highest BCUT2D eigenvalue weighted by molar-refractivity contribution is 5.28. The standard InChI is InChI=1S/C9H11N.C6H5F/c1-2-4-9-7-10-6-5-8(9)3-1;7-6-4-2-1-3-5-6/h1-4,10H,5-7H2;1-5H. The molecule has 1 nitrogen and oxygen atoms in total. The van der Waals surface area contributed by atoms with Crippen molar-refractivity contribution in [3.05, 3.63) is 71.5 Å². The van der Waals surface area contributed by atoms with E-state index in [9.17, 15) is 4.39 Å². The lowest BCUT2D eigenvalue weighted by Crippen LogP contribution is -2.23. The Morgan fingerprint density at radius 1 is 0.824 bits per heavy atom. The molecule has 0 fully saturated rings. The Morgan fingerprint density at radius 2 is 1.47 bits per heavy atom. The van der Waals surface area contributed by atoms with E-state index in [1.807, 2.05) is 0 Å². The van der Waals surface area contributed by atoms with Gasteiger partial charge in [-0.2, -0.15) is 0 Å². The van der Waals surface area contributed by atoms with Gasteiger partial charge in [-0.1, -0.05) is 42.5 Å². The molecule has 2 aromatic carbocycles. The van der Waals surface area contributed by atoms with Gasteiger partial charge in [0.15, 0.2) is 0 Å². The first-order valence-corrected chi connectivity index (χ1v) is 5.84. The highest BCUT2D eigenvalue weighted by Crippen LogP contribution is 2.11. The molecule has 0 bridgehead atoms. The van der Waals surface area contributed by atoms with Gasteiger partial charge < -0.3 is 5.32 Å². The molecule has 1 aliphatic heterocycles. The second-order valence-electron chi connectivity index (χ2n) is 3.99. The summed E-state index contributed by atoms with van der Waals surface area (Å²) in [6.45, 7) is 2.19. The Kier molecular flexibility index (Phi) is 4.28. The van der Waals surface area contributed by atoms with Crippen molar-refractivity contribution in [1.29, 1.82) is 0 Å². The van der Waals surface area contributed by atoms with Gasteiger partial charge in [0.25, 0.3) is 0 Å². The van der Waals surface area contributed by atoms with Crippen LogP contribution in [0.15, 0.2) is 54.6 Å². The fourth-order valence-corrected chi connectivity index (χ4v) is 1.83. The summed E-state index contributed by atoms with van der Waals surface area (Å²) in [4.78, 5) is 0. The first-order chi connectivity index (χ1) is 8.36. The van der Waals surface area contributed by atoms with E-state index in [-0.39, 0.29) is 5.82 Å². The number of nitrogens with one attached hydrogen (secondary N) is 1. The molecule has 1 aliphatic rings. The highest BCUT2D eigenvalue weighted by atomic mass is 19.1. The fourth-order valence-electron chi connectivity index (χ4n) is 1.83. The van der Waals surface area contributed by atoms with Crippen LogP contribution in [0, 0.1) is 5.82 Å². The Morgan fingerprint density at radius 3 is 2.06 bits per heavy atom. The third-order valence-electron chi connectivity index (χ3n) is 2.74. The number of halogens is 1. The molecular formula is C15H16FN. The molecule has 2 heteroatoms. The smallest absolute Gasteiger partial charge is 0.123 e. The Labute approximate surface area is 101 Å². The van der Waals surface area contributed by atoms with E-state index in [0.29, 0.717) is 0 Å².